The number of thioether (sulfide) groups is 1. The molecule has 3 heteroatoms. The van der Waals surface area contributed by atoms with Crippen LogP contribution < -0.4 is 0 Å². The Hall–Kier alpha value is -5.61. The van der Waals surface area contributed by atoms with Crippen molar-refractivity contribution < 1.29 is 0 Å². The predicted octanol–water partition coefficient (Wildman–Crippen LogP) is 14.8. The standard InChI is InChI=1S/C51H35NS2/c1-51(2)41-16-6-3-11-33(41)34-24-21-31(28-42(34)51)30-22-25-44-39(27-30)35-12-4-7-17-43(35)52(44)32-23-26-46-40(29-32)50-37(15-10-20-48(50)54-46)36-14-9-19-47-49(36)38-13-5-8-18-45(38)53-47/h3-12,14-29,38H,13H2,1-2H3. The van der Waals surface area contributed by atoms with Gasteiger partial charge in [-0.05, 0) is 116 Å². The molecule has 2 aliphatic carbocycles. The summed E-state index contributed by atoms with van der Waals surface area (Å²) in [6.45, 7) is 4.73. The van der Waals surface area contributed by atoms with E-state index in [4.69, 9.17) is 0 Å². The van der Waals surface area contributed by atoms with Crippen molar-refractivity contribution in [2.75, 3.05) is 0 Å². The number of hydrogen-bond donors (Lipinski definition) is 0. The van der Waals surface area contributed by atoms with Crippen molar-refractivity contribution in [2.45, 2.75) is 36.5 Å². The van der Waals surface area contributed by atoms with Crippen LogP contribution in [0.25, 0.3) is 81.0 Å². The second-order valence-corrected chi connectivity index (χ2v) is 17.8. The van der Waals surface area contributed by atoms with Crippen LogP contribution in [0.5, 0.6) is 0 Å². The van der Waals surface area contributed by atoms with Gasteiger partial charge in [-0.2, -0.15) is 0 Å². The molecule has 0 fully saturated rings. The normalized spacial score (nSPS) is 16.6. The zero-order chi connectivity index (χ0) is 35.7. The monoisotopic (exact) mass is 725 g/mol. The van der Waals surface area contributed by atoms with Gasteiger partial charge in [-0.1, -0.05) is 129 Å². The zero-order valence-corrected chi connectivity index (χ0v) is 31.7. The molecule has 0 N–H and O–H groups in total. The van der Waals surface area contributed by atoms with E-state index in [-0.39, 0.29) is 5.41 Å². The molecule has 0 spiro atoms. The Labute approximate surface area is 322 Å². The zero-order valence-electron chi connectivity index (χ0n) is 30.1. The molecular formula is C51H35NS2. The molecule has 3 heterocycles. The van der Waals surface area contributed by atoms with Gasteiger partial charge in [0, 0.05) is 52.9 Å². The number of aromatic nitrogens is 1. The molecule has 1 nitrogen and oxygen atoms in total. The van der Waals surface area contributed by atoms with Crippen LogP contribution in [0.3, 0.4) is 0 Å². The number of hydrogen-bond acceptors (Lipinski definition) is 2. The highest BCUT2D eigenvalue weighted by atomic mass is 32.2. The Balaban J connectivity index is 1.02. The van der Waals surface area contributed by atoms with Crippen molar-refractivity contribution in [3.8, 4) is 39.1 Å². The van der Waals surface area contributed by atoms with Crippen LogP contribution in [-0.2, 0) is 5.41 Å². The van der Waals surface area contributed by atoms with Gasteiger partial charge in [-0.3, -0.25) is 0 Å². The Morgan fingerprint density at radius 2 is 1.37 bits per heavy atom. The highest BCUT2D eigenvalue weighted by Crippen LogP contribution is 2.56. The quantitative estimate of drug-likeness (QED) is 0.176. The van der Waals surface area contributed by atoms with Gasteiger partial charge in [0.1, 0.15) is 0 Å². The van der Waals surface area contributed by atoms with Crippen LogP contribution >= 0.6 is 23.1 Å². The maximum Gasteiger partial charge on any atom is 0.0541 e. The van der Waals surface area contributed by atoms with Gasteiger partial charge in [-0.15, -0.1) is 11.3 Å². The summed E-state index contributed by atoms with van der Waals surface area (Å²) in [5.74, 6) is 0.448. The van der Waals surface area contributed by atoms with Crippen LogP contribution in [0, 0.1) is 0 Å². The van der Waals surface area contributed by atoms with E-state index in [1.807, 2.05) is 23.1 Å². The first-order chi connectivity index (χ1) is 26.5. The molecule has 0 amide bonds. The molecule has 0 bridgehead atoms. The SMILES string of the molecule is CC1(C)c2ccccc2-c2ccc(-c3ccc4c(c3)c3ccccc3n4-c3ccc4sc5cccc(-c6cccc7c6C6CC=CC=C6S7)c5c4c3)cc21. The summed E-state index contributed by atoms with van der Waals surface area (Å²) in [5.41, 5.74) is 15.9. The van der Waals surface area contributed by atoms with E-state index in [1.165, 1.54) is 108 Å². The number of benzene rings is 7. The van der Waals surface area contributed by atoms with Gasteiger partial charge in [0.25, 0.3) is 0 Å². The van der Waals surface area contributed by atoms with E-state index < -0.39 is 0 Å². The first-order valence-electron chi connectivity index (χ1n) is 18.9. The summed E-state index contributed by atoms with van der Waals surface area (Å²) in [4.78, 5) is 2.88. The maximum absolute atomic E-state index is 2.48. The molecule has 0 saturated heterocycles. The largest absolute Gasteiger partial charge is 0.309 e. The van der Waals surface area contributed by atoms with Crippen LogP contribution in [0.15, 0.2) is 168 Å². The fraction of sp³-hybridized carbons (Fsp3) is 0.0980. The van der Waals surface area contributed by atoms with Crippen LogP contribution in [0.2, 0.25) is 0 Å². The summed E-state index contributed by atoms with van der Waals surface area (Å²) in [7, 11) is 0. The number of rotatable bonds is 3. The van der Waals surface area contributed by atoms with Crippen LogP contribution in [0.1, 0.15) is 42.9 Å². The molecule has 2 aromatic heterocycles. The first-order valence-corrected chi connectivity index (χ1v) is 20.6. The molecule has 1 unspecified atom stereocenters. The van der Waals surface area contributed by atoms with E-state index in [0.717, 1.165) is 6.42 Å². The predicted molar refractivity (Wildman–Crippen MR) is 233 cm³/mol. The molecule has 1 atom stereocenters. The van der Waals surface area contributed by atoms with Crippen LogP contribution in [0.4, 0.5) is 0 Å². The molecule has 3 aliphatic rings. The summed E-state index contributed by atoms with van der Waals surface area (Å²) >= 11 is 3.86. The number of fused-ring (bicyclic) bond motifs is 12. The highest BCUT2D eigenvalue weighted by Gasteiger charge is 2.35. The van der Waals surface area contributed by atoms with E-state index in [9.17, 15) is 0 Å². The Morgan fingerprint density at radius 1 is 0.593 bits per heavy atom. The third-order valence-electron chi connectivity index (χ3n) is 12.4. The second-order valence-electron chi connectivity index (χ2n) is 15.6. The van der Waals surface area contributed by atoms with Gasteiger partial charge in [-0.25, -0.2) is 0 Å². The average Bonchev–Trinajstić information content (AvgIpc) is 3.94. The maximum atomic E-state index is 2.48. The van der Waals surface area contributed by atoms with Crippen molar-refractivity contribution in [1.82, 2.24) is 4.57 Å². The minimum Gasteiger partial charge on any atom is -0.309 e. The summed E-state index contributed by atoms with van der Waals surface area (Å²) in [6.07, 6.45) is 7.94. The fourth-order valence-electron chi connectivity index (χ4n) is 9.82. The number of thiophene rings is 1. The topological polar surface area (TPSA) is 4.93 Å². The Bertz CT molecular complexity index is 3150. The summed E-state index contributed by atoms with van der Waals surface area (Å²) in [5, 5.41) is 5.26. The fourth-order valence-corrected chi connectivity index (χ4v) is 12.2. The minimum absolute atomic E-state index is 0.0286. The van der Waals surface area contributed by atoms with Gasteiger partial charge in [0.2, 0.25) is 0 Å². The van der Waals surface area contributed by atoms with Gasteiger partial charge < -0.3 is 4.57 Å². The third-order valence-corrected chi connectivity index (χ3v) is 14.7. The minimum atomic E-state index is -0.0286. The lowest BCUT2D eigenvalue weighted by atomic mass is 9.81. The summed E-state index contributed by atoms with van der Waals surface area (Å²) in [6, 6.07) is 52.9. The van der Waals surface area contributed by atoms with Gasteiger partial charge >= 0.3 is 0 Å². The third kappa shape index (κ3) is 4.23. The molecule has 0 saturated carbocycles. The highest BCUT2D eigenvalue weighted by molar-refractivity contribution is 8.03. The second kappa shape index (κ2) is 11.2. The van der Waals surface area contributed by atoms with Crippen molar-refractivity contribution in [3.05, 3.63) is 179 Å². The van der Waals surface area contributed by atoms with Crippen molar-refractivity contribution in [3.63, 3.8) is 0 Å². The smallest absolute Gasteiger partial charge is 0.0541 e. The van der Waals surface area contributed by atoms with E-state index in [2.05, 4.69) is 176 Å². The molecule has 256 valence electrons. The molecule has 0 radical (unpaired) electrons. The molecule has 54 heavy (non-hydrogen) atoms. The number of nitrogens with zero attached hydrogens (tertiary/aromatic N) is 1. The van der Waals surface area contributed by atoms with Gasteiger partial charge in [0.15, 0.2) is 0 Å². The van der Waals surface area contributed by atoms with Gasteiger partial charge in [0.05, 0.1) is 11.0 Å². The molecule has 7 aromatic carbocycles. The van der Waals surface area contributed by atoms with Crippen molar-refractivity contribution in [1.29, 1.82) is 0 Å². The molecular weight excluding hydrogens is 691 g/mol. The van der Waals surface area contributed by atoms with Crippen molar-refractivity contribution >= 4 is 65.1 Å². The Kier molecular flexibility index (Phi) is 6.39. The number of allylic oxidation sites excluding steroid dienone is 4. The van der Waals surface area contributed by atoms with E-state index in [1.54, 1.807) is 0 Å². The van der Waals surface area contributed by atoms with Crippen molar-refractivity contribution in [2.24, 2.45) is 0 Å². The van der Waals surface area contributed by atoms with Crippen LogP contribution in [-0.4, -0.2) is 4.57 Å². The average molecular weight is 726 g/mol. The van der Waals surface area contributed by atoms with E-state index in [0.29, 0.717) is 5.92 Å². The molecule has 12 rings (SSSR count). The van der Waals surface area contributed by atoms with E-state index >= 15 is 0 Å². The molecule has 9 aromatic rings. The Morgan fingerprint density at radius 3 is 2.33 bits per heavy atom. The molecule has 1 aliphatic heterocycles. The summed E-state index contributed by atoms with van der Waals surface area (Å²) < 4.78 is 5.15. The lowest BCUT2D eigenvalue weighted by Crippen LogP contribution is -2.14. The lowest BCUT2D eigenvalue weighted by Gasteiger charge is -2.22. The first kappa shape index (κ1) is 30.8. The lowest BCUT2D eigenvalue weighted by molar-refractivity contribution is 0.660. The number of para-hydroxylation sites is 1.